The minimum absolute atomic E-state index is 0.0151. The van der Waals surface area contributed by atoms with Gasteiger partial charge in [0.05, 0.1) is 0 Å². The lowest BCUT2D eigenvalue weighted by Crippen LogP contribution is -2.68. The minimum atomic E-state index is -0.440. The van der Waals surface area contributed by atoms with Crippen LogP contribution in [0.5, 0.6) is 0 Å². The number of nitrogens with zero attached hydrogens (tertiary/aromatic N) is 1. The van der Waals surface area contributed by atoms with Gasteiger partial charge in [0.1, 0.15) is 12.1 Å². The van der Waals surface area contributed by atoms with Crippen LogP contribution in [0.15, 0.2) is 0 Å². The van der Waals surface area contributed by atoms with Gasteiger partial charge in [0.15, 0.2) is 0 Å². The highest BCUT2D eigenvalue weighted by molar-refractivity contribution is 5.98. The lowest BCUT2D eigenvalue weighted by molar-refractivity contribution is -0.156. The molecule has 1 heterocycles. The number of hydrogen-bond acceptors (Lipinski definition) is 3. The molecule has 5 nitrogen and oxygen atoms in total. The smallest absolute Gasteiger partial charge is 0.246 e. The average molecular weight is 296 g/mol. The van der Waals surface area contributed by atoms with Crippen LogP contribution < -0.4 is 5.32 Å². The summed E-state index contributed by atoms with van der Waals surface area (Å²) in [6.45, 7) is 8.59. The first-order valence-corrected chi connectivity index (χ1v) is 7.89. The molecule has 2 amide bonds. The van der Waals surface area contributed by atoms with E-state index in [1.54, 1.807) is 7.11 Å². The van der Waals surface area contributed by atoms with Gasteiger partial charge in [0, 0.05) is 19.8 Å². The molecule has 1 saturated heterocycles. The molecule has 1 aliphatic carbocycles. The van der Waals surface area contributed by atoms with Crippen LogP contribution in [0, 0.1) is 11.3 Å². The van der Waals surface area contributed by atoms with Crippen LogP contribution in [0.25, 0.3) is 0 Å². The third-order valence-electron chi connectivity index (χ3n) is 4.51. The second kappa shape index (κ2) is 5.95. The van der Waals surface area contributed by atoms with Gasteiger partial charge in [-0.05, 0) is 37.5 Å². The third-order valence-corrected chi connectivity index (χ3v) is 4.51. The fourth-order valence-electron chi connectivity index (χ4n) is 3.06. The predicted molar refractivity (Wildman–Crippen MR) is 80.7 cm³/mol. The van der Waals surface area contributed by atoms with Gasteiger partial charge in [-0.3, -0.25) is 9.59 Å². The van der Waals surface area contributed by atoms with Crippen molar-refractivity contribution in [1.82, 2.24) is 10.2 Å². The van der Waals surface area contributed by atoms with E-state index in [9.17, 15) is 9.59 Å². The van der Waals surface area contributed by atoms with Gasteiger partial charge in [0.25, 0.3) is 0 Å². The molecule has 0 bridgehead atoms. The van der Waals surface area contributed by atoms with Gasteiger partial charge in [0.2, 0.25) is 11.8 Å². The lowest BCUT2D eigenvalue weighted by atomic mass is 9.83. The largest absolute Gasteiger partial charge is 0.385 e. The minimum Gasteiger partial charge on any atom is -0.385 e. The summed E-state index contributed by atoms with van der Waals surface area (Å²) in [5.74, 6) is 0.406. The van der Waals surface area contributed by atoms with Crippen molar-refractivity contribution in [3.63, 3.8) is 0 Å². The van der Waals surface area contributed by atoms with E-state index in [1.165, 1.54) is 0 Å². The number of carbonyl (C=O) groups excluding carboxylic acids is 2. The van der Waals surface area contributed by atoms with E-state index in [2.05, 4.69) is 5.32 Å². The maximum absolute atomic E-state index is 12.9. The Hall–Kier alpha value is -1.10. The van der Waals surface area contributed by atoms with E-state index in [1.807, 2.05) is 32.6 Å². The quantitative estimate of drug-likeness (QED) is 0.837. The van der Waals surface area contributed by atoms with Crippen molar-refractivity contribution < 1.29 is 14.3 Å². The van der Waals surface area contributed by atoms with Crippen LogP contribution in [0.3, 0.4) is 0 Å². The van der Waals surface area contributed by atoms with E-state index >= 15 is 0 Å². The van der Waals surface area contributed by atoms with Gasteiger partial charge < -0.3 is 15.0 Å². The first-order valence-electron chi connectivity index (χ1n) is 7.89. The van der Waals surface area contributed by atoms with E-state index in [0.29, 0.717) is 12.5 Å². The monoisotopic (exact) mass is 296 g/mol. The molecule has 0 aromatic rings. The summed E-state index contributed by atoms with van der Waals surface area (Å²) >= 11 is 0. The lowest BCUT2D eigenvalue weighted by Gasteiger charge is -2.46. The molecule has 5 heteroatoms. The molecule has 0 radical (unpaired) electrons. The highest BCUT2D eigenvalue weighted by Gasteiger charge is 2.51. The van der Waals surface area contributed by atoms with Crippen molar-refractivity contribution in [2.45, 2.75) is 65.1 Å². The van der Waals surface area contributed by atoms with Crippen molar-refractivity contribution in [2.24, 2.45) is 11.3 Å². The van der Waals surface area contributed by atoms with Gasteiger partial charge >= 0.3 is 0 Å². The Kier molecular flexibility index (Phi) is 4.61. The highest BCUT2D eigenvalue weighted by Crippen LogP contribution is 2.39. The summed E-state index contributed by atoms with van der Waals surface area (Å²) in [7, 11) is 1.66. The summed E-state index contributed by atoms with van der Waals surface area (Å²) < 4.78 is 5.13. The zero-order valence-electron chi connectivity index (χ0n) is 13.8. The van der Waals surface area contributed by atoms with Gasteiger partial charge in [-0.2, -0.15) is 0 Å². The Morgan fingerprint density at radius 1 is 1.33 bits per heavy atom. The molecule has 1 aliphatic heterocycles. The molecule has 21 heavy (non-hydrogen) atoms. The van der Waals surface area contributed by atoms with Crippen molar-refractivity contribution in [3.8, 4) is 0 Å². The highest BCUT2D eigenvalue weighted by atomic mass is 16.5. The van der Waals surface area contributed by atoms with Crippen LogP contribution in [-0.4, -0.2) is 48.6 Å². The summed E-state index contributed by atoms with van der Waals surface area (Å²) in [4.78, 5) is 27.3. The number of amides is 2. The van der Waals surface area contributed by atoms with Crippen molar-refractivity contribution >= 4 is 11.8 Å². The first-order chi connectivity index (χ1) is 9.77. The second-order valence-corrected chi connectivity index (χ2v) is 7.47. The van der Waals surface area contributed by atoms with E-state index in [4.69, 9.17) is 4.74 Å². The average Bonchev–Trinajstić information content (AvgIpc) is 3.20. The Morgan fingerprint density at radius 3 is 2.43 bits per heavy atom. The fraction of sp³-hybridized carbons (Fsp3) is 0.875. The van der Waals surface area contributed by atoms with Crippen LogP contribution >= 0.6 is 0 Å². The fourth-order valence-corrected chi connectivity index (χ4v) is 3.06. The standard InChI is InChI=1S/C16H28N2O3/c1-10(8-9-21-5)18-12(11-6-7-11)14(19)17-13(15(18)20)16(2,3)4/h10-13H,6-9H2,1-5H3,(H,17,19). The topological polar surface area (TPSA) is 58.6 Å². The van der Waals surface area contributed by atoms with Gasteiger partial charge in [-0.1, -0.05) is 20.8 Å². The molecule has 0 aromatic heterocycles. The van der Waals surface area contributed by atoms with Crippen molar-refractivity contribution in [2.75, 3.05) is 13.7 Å². The summed E-state index contributed by atoms with van der Waals surface area (Å²) in [6.07, 6.45) is 2.84. The van der Waals surface area contributed by atoms with Crippen molar-refractivity contribution in [1.29, 1.82) is 0 Å². The molecule has 2 aliphatic rings. The second-order valence-electron chi connectivity index (χ2n) is 7.47. The zero-order valence-corrected chi connectivity index (χ0v) is 13.8. The number of carbonyl (C=O) groups is 2. The molecule has 2 rings (SSSR count). The molecule has 3 unspecified atom stereocenters. The first kappa shape index (κ1) is 16.3. The van der Waals surface area contributed by atoms with Crippen LogP contribution in [-0.2, 0) is 14.3 Å². The third kappa shape index (κ3) is 3.39. The number of hydrogen-bond donors (Lipinski definition) is 1. The number of rotatable bonds is 5. The number of piperazine rings is 1. The number of nitrogens with one attached hydrogen (secondary N) is 1. The van der Waals surface area contributed by atoms with E-state index in [-0.39, 0.29) is 29.3 Å². The zero-order chi connectivity index (χ0) is 15.8. The molecular weight excluding hydrogens is 268 g/mol. The predicted octanol–water partition coefficient (Wildman–Crippen LogP) is 1.56. The Balaban J connectivity index is 2.24. The van der Waals surface area contributed by atoms with E-state index in [0.717, 1.165) is 19.3 Å². The van der Waals surface area contributed by atoms with Crippen LogP contribution in [0.1, 0.15) is 47.0 Å². The molecule has 0 spiro atoms. The van der Waals surface area contributed by atoms with Crippen LogP contribution in [0.4, 0.5) is 0 Å². The maximum atomic E-state index is 12.9. The normalized spacial score (nSPS) is 28.5. The SMILES string of the molecule is COCCC(C)N1C(=O)C(C(C)(C)C)NC(=O)C1C1CC1. The molecule has 0 aromatic carbocycles. The Morgan fingerprint density at radius 2 is 1.95 bits per heavy atom. The Bertz CT molecular complexity index is 412. The molecule has 120 valence electrons. The summed E-state index contributed by atoms with van der Waals surface area (Å²) in [5, 5.41) is 2.96. The molecule has 1 saturated carbocycles. The Labute approximate surface area is 127 Å². The maximum Gasteiger partial charge on any atom is 0.246 e. The molecular formula is C16H28N2O3. The van der Waals surface area contributed by atoms with Crippen LogP contribution in [0.2, 0.25) is 0 Å². The summed E-state index contributed by atoms with van der Waals surface area (Å²) in [5.41, 5.74) is -0.277. The van der Waals surface area contributed by atoms with Gasteiger partial charge in [-0.15, -0.1) is 0 Å². The van der Waals surface area contributed by atoms with Crippen molar-refractivity contribution in [3.05, 3.63) is 0 Å². The summed E-state index contributed by atoms with van der Waals surface area (Å²) in [6, 6.07) is -0.702. The molecule has 2 fully saturated rings. The number of ether oxygens (including phenoxy) is 1. The molecule has 3 atom stereocenters. The molecule has 1 N–H and O–H groups in total. The number of methoxy groups -OCH3 is 1. The van der Waals surface area contributed by atoms with E-state index < -0.39 is 6.04 Å². The van der Waals surface area contributed by atoms with Gasteiger partial charge in [-0.25, -0.2) is 0 Å².